The molecule has 0 heterocycles. The second kappa shape index (κ2) is 38.7. The number of para-hydroxylation sites is 4. The Hall–Kier alpha value is -16.9. The fourth-order valence-corrected chi connectivity index (χ4v) is 16.0. The molecule has 18 aromatic carbocycles. The lowest BCUT2D eigenvalue weighted by Crippen LogP contribution is -2.09. The van der Waals surface area contributed by atoms with Gasteiger partial charge in [-0.2, -0.15) is 10.5 Å². The minimum atomic E-state index is 0. The van der Waals surface area contributed by atoms with Gasteiger partial charge in [0.1, 0.15) is 12.1 Å². The van der Waals surface area contributed by atoms with Gasteiger partial charge >= 0.3 is 0 Å². The zero-order chi connectivity index (χ0) is 84.8. The van der Waals surface area contributed by atoms with Gasteiger partial charge in [0.15, 0.2) is 0 Å². The first-order chi connectivity index (χ1) is 60.9. The van der Waals surface area contributed by atoms with Crippen molar-refractivity contribution in [3.05, 3.63) is 489 Å². The van der Waals surface area contributed by atoms with E-state index >= 15 is 0 Å². The fraction of sp³-hybridized carbons (Fsp3) is 0.0508. The van der Waals surface area contributed by atoms with Gasteiger partial charge in [0.2, 0.25) is 11.4 Å². The first-order valence-electron chi connectivity index (χ1n) is 41.3. The molecule has 0 fully saturated rings. The Bertz CT molecular complexity index is 6340. The highest BCUT2D eigenvalue weighted by Gasteiger charge is 2.21. The Morgan fingerprint density at radius 2 is 0.381 bits per heavy atom. The summed E-state index contributed by atoms with van der Waals surface area (Å²) in [5, 5.41) is 27.2. The van der Waals surface area contributed by atoms with Crippen molar-refractivity contribution in [2.75, 3.05) is 19.6 Å². The highest BCUT2D eigenvalue weighted by molar-refractivity contribution is 6.18. The summed E-state index contributed by atoms with van der Waals surface area (Å²) in [6, 6.07) is 139. The van der Waals surface area contributed by atoms with Crippen LogP contribution in [0, 0.1) is 63.5 Å². The quantitative estimate of drug-likeness (QED) is 0.0430. The van der Waals surface area contributed by atoms with E-state index in [4.69, 9.17) is 13.1 Å². The molecule has 0 N–H and O–H groups in total. The maximum atomic E-state index is 10.5. The summed E-state index contributed by atoms with van der Waals surface area (Å²) in [4.78, 5) is 17.1. The normalized spacial score (nSPS) is 11.0. The van der Waals surface area contributed by atoms with E-state index in [2.05, 4.69) is 409 Å². The molecule has 0 aliphatic rings. The molecule has 8 heteroatoms. The number of rotatable bonds is 20. The predicted molar refractivity (Wildman–Crippen MR) is 537 cm³/mol. The number of hydrogen-bond donors (Lipinski definition) is 0. The Kier molecular flexibility index (Phi) is 25.8. The predicted octanol–water partition coefficient (Wildman–Crippen LogP) is 33.9. The zero-order valence-corrected chi connectivity index (χ0v) is 69.1. The Labute approximate surface area is 740 Å². The second-order valence-electron chi connectivity index (χ2n) is 30.8. The Balaban J connectivity index is 0.000000191. The molecule has 0 atom stereocenters. The Morgan fingerprint density at radius 1 is 0.206 bits per heavy atom. The van der Waals surface area contributed by atoms with Crippen molar-refractivity contribution in [2.24, 2.45) is 0 Å². The largest absolute Gasteiger partial charge is 0.311 e. The standard InChI is InChI=1S/2C58H42N4.2CH4/c2*1-41-14-28-49(29-15-41)61(47-10-6-4-7-11-47)51-32-22-43(23-33-51)18-20-45-27-37-54-55(38-45)57(40-59)53-36-26-46(39-56(53)58(54)60-3)21-19-44-24-34-52(35-25-44)62(48-12-8-5-9-13-48)50-30-16-42(2)17-31-50;;/h2*4-39H,1-2H3;2*1H4/b2*20-18-,21-19-;;. The first-order valence-corrected chi connectivity index (χ1v) is 41.3. The first kappa shape index (κ1) is 84.2. The molecular formula is C118H92N8. The topological polar surface area (TPSA) is 69.3 Å². The van der Waals surface area contributed by atoms with Gasteiger partial charge in [0.05, 0.1) is 24.3 Å². The average molecular weight is 1620 g/mol. The van der Waals surface area contributed by atoms with E-state index < -0.39 is 0 Å². The number of benzene rings is 18. The van der Waals surface area contributed by atoms with Crippen molar-refractivity contribution in [2.45, 2.75) is 42.5 Å². The van der Waals surface area contributed by atoms with Crippen LogP contribution in [0.5, 0.6) is 0 Å². The molecule has 18 rings (SSSR count). The summed E-state index contributed by atoms with van der Waals surface area (Å²) in [6.07, 6.45) is 16.6. The summed E-state index contributed by atoms with van der Waals surface area (Å²) in [7, 11) is 0. The third kappa shape index (κ3) is 18.5. The lowest BCUT2D eigenvalue weighted by molar-refractivity contribution is 1.27. The molecule has 0 aromatic heterocycles. The summed E-state index contributed by atoms with van der Waals surface area (Å²) in [6.45, 7) is 24.9. The highest BCUT2D eigenvalue weighted by atomic mass is 15.2. The maximum Gasteiger partial charge on any atom is 0.202 e. The number of nitriles is 2. The van der Waals surface area contributed by atoms with E-state index in [0.717, 1.165) is 156 Å². The van der Waals surface area contributed by atoms with Crippen LogP contribution in [-0.2, 0) is 0 Å². The molecule has 0 aliphatic heterocycles. The summed E-state index contributed by atoms with van der Waals surface area (Å²) in [5.41, 5.74) is 28.2. The van der Waals surface area contributed by atoms with Gasteiger partial charge in [-0.05, 0) is 273 Å². The van der Waals surface area contributed by atoms with Gasteiger partial charge in [0.25, 0.3) is 0 Å². The molecule has 0 spiro atoms. The lowest BCUT2D eigenvalue weighted by Gasteiger charge is -2.25. The van der Waals surface area contributed by atoms with Crippen molar-refractivity contribution < 1.29 is 0 Å². The van der Waals surface area contributed by atoms with E-state index in [0.29, 0.717) is 22.5 Å². The van der Waals surface area contributed by atoms with Crippen LogP contribution in [0.15, 0.2) is 388 Å². The number of anilines is 12. The molecule has 18 aromatic rings. The van der Waals surface area contributed by atoms with Crippen LogP contribution < -0.4 is 19.6 Å². The third-order valence-electron chi connectivity index (χ3n) is 22.4. The fourth-order valence-electron chi connectivity index (χ4n) is 16.0. The molecule has 8 nitrogen and oxygen atoms in total. The minimum absolute atomic E-state index is 0. The third-order valence-corrected chi connectivity index (χ3v) is 22.4. The molecule has 0 bridgehead atoms. The van der Waals surface area contributed by atoms with Crippen molar-refractivity contribution >= 4 is 171 Å². The van der Waals surface area contributed by atoms with Gasteiger partial charge < -0.3 is 19.6 Å². The van der Waals surface area contributed by atoms with Crippen LogP contribution in [0.4, 0.5) is 79.6 Å². The van der Waals surface area contributed by atoms with Crippen LogP contribution >= 0.6 is 0 Å². The molecule has 0 amide bonds. The molecule has 0 unspecified atom stereocenters. The van der Waals surface area contributed by atoms with Gasteiger partial charge in [-0.1, -0.05) is 316 Å². The number of fused-ring (bicyclic) bond motifs is 4. The lowest BCUT2D eigenvalue weighted by atomic mass is 9.93. The average Bonchev–Trinajstić information content (AvgIpc) is 0.749. The van der Waals surface area contributed by atoms with Crippen LogP contribution in [0.2, 0.25) is 0 Å². The van der Waals surface area contributed by atoms with Crippen molar-refractivity contribution in [3.8, 4) is 12.1 Å². The maximum absolute atomic E-state index is 10.5. The monoisotopic (exact) mass is 1620 g/mol. The molecule has 0 saturated heterocycles. The molecule has 0 aliphatic carbocycles. The molecule has 0 radical (unpaired) electrons. The molecular weight excluding hydrogens is 1530 g/mol. The number of nitrogens with zero attached hydrogens (tertiary/aromatic N) is 8. The zero-order valence-electron chi connectivity index (χ0n) is 69.1. The smallest absolute Gasteiger partial charge is 0.202 e. The second-order valence-corrected chi connectivity index (χ2v) is 30.8. The highest BCUT2D eigenvalue weighted by Crippen LogP contribution is 2.45. The van der Waals surface area contributed by atoms with Gasteiger partial charge in [0, 0.05) is 68.2 Å². The van der Waals surface area contributed by atoms with Crippen LogP contribution in [0.1, 0.15) is 92.7 Å². The summed E-state index contributed by atoms with van der Waals surface area (Å²) in [5.74, 6) is 0. The number of aryl methyl sites for hydroxylation is 4. The Morgan fingerprint density at radius 3 is 0.587 bits per heavy atom. The molecule has 0 saturated carbocycles. The van der Waals surface area contributed by atoms with E-state index in [1.807, 2.05) is 97.1 Å². The van der Waals surface area contributed by atoms with E-state index in [1.54, 1.807) is 0 Å². The van der Waals surface area contributed by atoms with Gasteiger partial charge in [-0.15, -0.1) is 0 Å². The number of hydrogen-bond acceptors (Lipinski definition) is 6. The minimum Gasteiger partial charge on any atom is -0.311 e. The van der Waals surface area contributed by atoms with Crippen LogP contribution in [0.25, 0.3) is 101 Å². The SMILES string of the molecule is C.C.[C-]#[N+]c1c2ccc(/C=C\c3ccc(N(c4ccccc4)c4ccc(C)cc4)cc3)cc2c(C#N)c2ccc(/C=C\c3ccc(N(c4ccccc4)c4ccc(C)cc4)cc3)cc12.[C-]#[N+]c1c2ccc(/C=C\c3ccc(N(c4ccccc4)c4ccc(C)cc4)cc3)cc2c(C#N)c2ccc(/C=C\c3ccc(N(c4ccccc4)c4ccc(C)cc4)cc3)cc12. The summed E-state index contributed by atoms with van der Waals surface area (Å²) < 4.78 is 0. The van der Waals surface area contributed by atoms with Crippen LogP contribution in [-0.4, -0.2) is 0 Å². The van der Waals surface area contributed by atoms with E-state index in [9.17, 15) is 10.5 Å². The molecule has 604 valence electrons. The van der Waals surface area contributed by atoms with Gasteiger partial charge in [-0.25, -0.2) is 9.69 Å². The van der Waals surface area contributed by atoms with E-state index in [-0.39, 0.29) is 14.9 Å². The van der Waals surface area contributed by atoms with Crippen LogP contribution in [0.3, 0.4) is 0 Å². The van der Waals surface area contributed by atoms with E-state index in [1.165, 1.54) is 22.3 Å². The van der Waals surface area contributed by atoms with Crippen molar-refractivity contribution in [3.63, 3.8) is 0 Å². The van der Waals surface area contributed by atoms with Crippen molar-refractivity contribution in [1.82, 2.24) is 0 Å². The molecule has 126 heavy (non-hydrogen) atoms. The summed E-state index contributed by atoms with van der Waals surface area (Å²) >= 11 is 0. The van der Waals surface area contributed by atoms with Crippen molar-refractivity contribution in [1.29, 1.82) is 10.5 Å². The van der Waals surface area contributed by atoms with Gasteiger partial charge in [-0.3, -0.25) is 0 Å².